The number of nitrogens with zero attached hydrogens (tertiary/aromatic N) is 4. The van der Waals surface area contributed by atoms with Gasteiger partial charge in [-0.25, -0.2) is 4.98 Å². The molecule has 4 rings (SSSR count). The van der Waals surface area contributed by atoms with Crippen molar-refractivity contribution in [2.24, 2.45) is 5.92 Å². The van der Waals surface area contributed by atoms with Gasteiger partial charge in [0.1, 0.15) is 0 Å². The third-order valence-electron chi connectivity index (χ3n) is 7.52. The van der Waals surface area contributed by atoms with Crippen LogP contribution in [0.4, 0.5) is 5.69 Å². The number of hydrogen-bond donors (Lipinski definition) is 2. The zero-order valence-electron chi connectivity index (χ0n) is 24.7. The summed E-state index contributed by atoms with van der Waals surface area (Å²) in [6.07, 6.45) is 4.38. The van der Waals surface area contributed by atoms with Crippen molar-refractivity contribution in [1.82, 2.24) is 19.8 Å². The summed E-state index contributed by atoms with van der Waals surface area (Å²) in [5.74, 6) is -0.0148. The molecular weight excluding hydrogens is 670 g/mol. The molecular formula is C33H32Cl4N6OS. The number of imidazole rings is 1. The lowest BCUT2D eigenvalue weighted by Crippen LogP contribution is -2.50. The molecule has 0 spiro atoms. The van der Waals surface area contributed by atoms with Gasteiger partial charge in [0, 0.05) is 42.6 Å². The van der Waals surface area contributed by atoms with Crippen molar-refractivity contribution in [1.29, 1.82) is 5.26 Å². The van der Waals surface area contributed by atoms with Crippen LogP contribution in [0.5, 0.6) is 0 Å². The molecule has 0 aliphatic rings. The van der Waals surface area contributed by atoms with E-state index in [0.717, 1.165) is 23.2 Å². The monoisotopic (exact) mass is 700 g/mol. The number of amides is 1. The fourth-order valence-electron chi connectivity index (χ4n) is 4.71. The van der Waals surface area contributed by atoms with Crippen LogP contribution in [0.15, 0.2) is 73.2 Å². The quantitative estimate of drug-likeness (QED) is 0.144. The summed E-state index contributed by atoms with van der Waals surface area (Å²) >= 11 is 31.3. The van der Waals surface area contributed by atoms with Crippen LogP contribution < -0.4 is 10.6 Å². The van der Waals surface area contributed by atoms with E-state index in [4.69, 9.17) is 63.9 Å². The summed E-state index contributed by atoms with van der Waals surface area (Å²) in [7, 11) is 0. The molecule has 0 radical (unpaired) electrons. The second-order valence-corrected chi connectivity index (χ2v) is 12.7. The van der Waals surface area contributed by atoms with Crippen LogP contribution in [-0.2, 0) is 24.3 Å². The first kappa shape index (κ1) is 34.6. The Kier molecular flexibility index (Phi) is 12.5. The molecule has 0 saturated carbocycles. The van der Waals surface area contributed by atoms with E-state index in [2.05, 4.69) is 35.5 Å². The molecule has 0 aliphatic heterocycles. The number of carbonyl (C=O) groups is 1. The Morgan fingerprint density at radius 3 is 2.53 bits per heavy atom. The number of benzene rings is 3. The molecule has 0 fully saturated rings. The first-order chi connectivity index (χ1) is 21.6. The van der Waals surface area contributed by atoms with Gasteiger partial charge in [0.2, 0.25) is 5.91 Å². The third-order valence-corrected chi connectivity index (χ3v) is 9.29. The Hall–Kier alpha value is -3.32. The van der Waals surface area contributed by atoms with Gasteiger partial charge in [-0.2, -0.15) is 5.26 Å². The SMILES string of the molecule is CC[C@H](C)[C@@H](CN(Cc1cccc(Cl)c1Cl)C(=S)Nc1ccc(Cl)cc1Cl)NC(=O)Cc1cncn1Cc1ccc(C#N)cc1. The van der Waals surface area contributed by atoms with Crippen molar-refractivity contribution in [2.45, 2.75) is 45.8 Å². The van der Waals surface area contributed by atoms with Gasteiger partial charge in [0.25, 0.3) is 0 Å². The van der Waals surface area contributed by atoms with Crippen LogP contribution in [0.2, 0.25) is 20.1 Å². The van der Waals surface area contributed by atoms with Crippen molar-refractivity contribution >= 4 is 75.3 Å². The number of halogens is 4. The number of hydrogen-bond acceptors (Lipinski definition) is 4. The number of nitrogens with one attached hydrogen (secondary N) is 2. The number of anilines is 1. The van der Waals surface area contributed by atoms with Gasteiger partial charge in [0.05, 0.1) is 45.1 Å². The molecule has 3 aromatic carbocycles. The van der Waals surface area contributed by atoms with Crippen LogP contribution in [0, 0.1) is 17.2 Å². The smallest absolute Gasteiger partial charge is 0.226 e. The Balaban J connectivity index is 1.52. The second-order valence-electron chi connectivity index (χ2n) is 10.7. The Labute approximate surface area is 289 Å². The molecule has 1 amide bonds. The molecule has 1 aromatic heterocycles. The first-order valence-electron chi connectivity index (χ1n) is 14.3. The van der Waals surface area contributed by atoms with Gasteiger partial charge >= 0.3 is 0 Å². The molecule has 0 aliphatic carbocycles. The molecule has 234 valence electrons. The van der Waals surface area contributed by atoms with Gasteiger partial charge in [-0.15, -0.1) is 0 Å². The van der Waals surface area contributed by atoms with Crippen LogP contribution in [-0.4, -0.2) is 38.1 Å². The lowest BCUT2D eigenvalue weighted by atomic mass is 9.98. The normalized spacial score (nSPS) is 12.2. The van der Waals surface area contributed by atoms with E-state index < -0.39 is 0 Å². The second kappa shape index (κ2) is 16.3. The average Bonchev–Trinajstić information content (AvgIpc) is 3.45. The van der Waals surface area contributed by atoms with E-state index in [-0.39, 0.29) is 24.3 Å². The molecule has 0 unspecified atom stereocenters. The molecule has 2 N–H and O–H groups in total. The average molecular weight is 703 g/mol. The van der Waals surface area contributed by atoms with Crippen LogP contribution in [0.1, 0.15) is 42.7 Å². The number of aromatic nitrogens is 2. The predicted molar refractivity (Wildman–Crippen MR) is 187 cm³/mol. The first-order valence-corrected chi connectivity index (χ1v) is 16.2. The van der Waals surface area contributed by atoms with Crippen LogP contribution >= 0.6 is 58.6 Å². The van der Waals surface area contributed by atoms with E-state index in [1.54, 1.807) is 48.9 Å². The molecule has 1 heterocycles. The van der Waals surface area contributed by atoms with Gasteiger partial charge < -0.3 is 20.1 Å². The molecule has 45 heavy (non-hydrogen) atoms. The summed E-state index contributed by atoms with van der Waals surface area (Å²) < 4.78 is 1.93. The van der Waals surface area contributed by atoms with Gasteiger partial charge in [-0.3, -0.25) is 4.79 Å². The molecule has 7 nitrogen and oxygen atoms in total. The number of rotatable bonds is 12. The third kappa shape index (κ3) is 9.59. The maximum absolute atomic E-state index is 13.5. The molecule has 12 heteroatoms. The van der Waals surface area contributed by atoms with Gasteiger partial charge in [-0.1, -0.05) is 90.9 Å². The van der Waals surface area contributed by atoms with Crippen molar-refractivity contribution < 1.29 is 4.79 Å². The van der Waals surface area contributed by atoms with Crippen molar-refractivity contribution in [3.05, 3.63) is 116 Å². The largest absolute Gasteiger partial charge is 0.351 e. The summed E-state index contributed by atoms with van der Waals surface area (Å²) in [6, 6.07) is 19.8. The topological polar surface area (TPSA) is 86.0 Å². The minimum Gasteiger partial charge on any atom is -0.351 e. The molecule has 2 atom stereocenters. The molecule has 4 aromatic rings. The Bertz CT molecular complexity index is 1690. The maximum atomic E-state index is 13.5. The van der Waals surface area contributed by atoms with Crippen LogP contribution in [0.25, 0.3) is 0 Å². The minimum atomic E-state index is -0.254. The van der Waals surface area contributed by atoms with E-state index in [0.29, 0.717) is 56.1 Å². The fraction of sp³-hybridized carbons (Fsp3) is 0.273. The number of thiocarbonyl (C=S) groups is 1. The summed E-state index contributed by atoms with van der Waals surface area (Å²) in [6.45, 7) is 5.45. The van der Waals surface area contributed by atoms with Gasteiger partial charge in [0.15, 0.2) is 5.11 Å². The summed E-state index contributed by atoms with van der Waals surface area (Å²) in [4.78, 5) is 19.7. The highest BCUT2D eigenvalue weighted by atomic mass is 35.5. The summed E-state index contributed by atoms with van der Waals surface area (Å²) in [5, 5.41) is 17.8. The Morgan fingerprint density at radius 2 is 1.84 bits per heavy atom. The van der Waals surface area contributed by atoms with Crippen molar-refractivity contribution in [2.75, 3.05) is 11.9 Å². The lowest BCUT2D eigenvalue weighted by molar-refractivity contribution is -0.121. The maximum Gasteiger partial charge on any atom is 0.226 e. The Morgan fingerprint density at radius 1 is 1.09 bits per heavy atom. The predicted octanol–water partition coefficient (Wildman–Crippen LogP) is 8.39. The highest BCUT2D eigenvalue weighted by Gasteiger charge is 2.25. The zero-order chi connectivity index (χ0) is 32.5. The highest BCUT2D eigenvalue weighted by Crippen LogP contribution is 2.29. The van der Waals surface area contributed by atoms with Gasteiger partial charge in [-0.05, 0) is 65.7 Å². The molecule has 0 bridgehead atoms. The number of nitriles is 1. The highest BCUT2D eigenvalue weighted by molar-refractivity contribution is 7.80. The fourth-order valence-corrected chi connectivity index (χ4v) is 5.80. The van der Waals surface area contributed by atoms with Crippen LogP contribution in [0.3, 0.4) is 0 Å². The zero-order valence-corrected chi connectivity index (χ0v) is 28.6. The van der Waals surface area contributed by atoms with E-state index in [1.165, 1.54) is 0 Å². The minimum absolute atomic E-state index is 0.122. The standard InChI is InChI=1S/C33H32Cl4N6OS/c1-3-21(2)30(40-31(44)14-26-16-39-20-43(26)17-23-9-7-22(15-38)8-10-23)19-42(18-24-5-4-6-27(35)32(24)37)33(45)41-29-12-11-25(34)13-28(29)36/h4-13,16,20-21,30H,3,14,17-19H2,1-2H3,(H,40,44)(H,41,45)/t21-,30+/m0/s1. The van der Waals surface area contributed by atoms with E-state index in [1.807, 2.05) is 33.7 Å². The summed E-state index contributed by atoms with van der Waals surface area (Å²) in [5.41, 5.74) is 3.77. The number of carbonyl (C=O) groups excluding carboxylic acids is 1. The molecule has 0 saturated heterocycles. The lowest BCUT2D eigenvalue weighted by Gasteiger charge is -2.33. The van der Waals surface area contributed by atoms with Crippen molar-refractivity contribution in [3.8, 4) is 6.07 Å². The van der Waals surface area contributed by atoms with Crippen molar-refractivity contribution in [3.63, 3.8) is 0 Å². The van der Waals surface area contributed by atoms with E-state index in [9.17, 15) is 4.79 Å². The van der Waals surface area contributed by atoms with E-state index >= 15 is 0 Å².